The molecule has 2 rings (SSSR count). The van der Waals surface area contributed by atoms with Gasteiger partial charge in [-0.3, -0.25) is 4.79 Å². The van der Waals surface area contributed by atoms with Gasteiger partial charge in [0.15, 0.2) is 0 Å². The fourth-order valence-electron chi connectivity index (χ4n) is 1.61. The van der Waals surface area contributed by atoms with Crippen LogP contribution in [0.1, 0.15) is 21.5 Å². The van der Waals surface area contributed by atoms with Crippen LogP contribution in [0.15, 0.2) is 34.9 Å². The number of nitrogens with zero attached hydrogens (tertiary/aromatic N) is 1. The van der Waals surface area contributed by atoms with Crippen molar-refractivity contribution >= 4 is 33.3 Å². The van der Waals surface area contributed by atoms with E-state index in [-0.39, 0.29) is 5.91 Å². The van der Waals surface area contributed by atoms with Gasteiger partial charge in [0, 0.05) is 10.0 Å². The van der Waals surface area contributed by atoms with Crippen molar-refractivity contribution < 1.29 is 4.79 Å². The highest BCUT2D eigenvalue weighted by atomic mass is 79.9. The molecule has 4 nitrogen and oxygen atoms in total. The van der Waals surface area contributed by atoms with E-state index in [2.05, 4.69) is 26.2 Å². The highest BCUT2D eigenvalue weighted by molar-refractivity contribution is 9.10. The molecule has 1 amide bonds. The van der Waals surface area contributed by atoms with Crippen molar-refractivity contribution in [1.82, 2.24) is 4.98 Å². The number of hydrogen-bond acceptors (Lipinski definition) is 3. The maximum absolute atomic E-state index is 12.1. The monoisotopic (exact) mass is 319 g/mol. The molecule has 0 fully saturated rings. The number of hydrogen-bond donors (Lipinski definition) is 2. The van der Waals surface area contributed by atoms with Crippen molar-refractivity contribution in [1.29, 1.82) is 0 Å². The number of benzene rings is 1. The normalized spacial score (nSPS) is 10.3. The Bertz CT molecular complexity index is 641. The van der Waals surface area contributed by atoms with Crippen LogP contribution in [-0.4, -0.2) is 10.9 Å². The van der Waals surface area contributed by atoms with E-state index < -0.39 is 0 Å². The van der Waals surface area contributed by atoms with Crippen molar-refractivity contribution in [3.05, 3.63) is 51.6 Å². The summed E-state index contributed by atoms with van der Waals surface area (Å²) in [6.45, 7) is 3.81. The Morgan fingerprint density at radius 3 is 2.63 bits per heavy atom. The molecule has 2 aromatic rings. The molecule has 19 heavy (non-hydrogen) atoms. The van der Waals surface area contributed by atoms with Gasteiger partial charge in [-0.25, -0.2) is 4.98 Å². The maximum atomic E-state index is 12.1. The van der Waals surface area contributed by atoms with Gasteiger partial charge < -0.3 is 11.1 Å². The second-order valence-corrected chi connectivity index (χ2v) is 5.20. The van der Waals surface area contributed by atoms with Crippen LogP contribution >= 0.6 is 15.9 Å². The van der Waals surface area contributed by atoms with Crippen molar-refractivity contribution in [2.75, 3.05) is 11.1 Å². The van der Waals surface area contributed by atoms with Crippen LogP contribution in [0.3, 0.4) is 0 Å². The van der Waals surface area contributed by atoms with Gasteiger partial charge in [0.1, 0.15) is 5.82 Å². The van der Waals surface area contributed by atoms with Crippen molar-refractivity contribution in [3.63, 3.8) is 0 Å². The Morgan fingerprint density at radius 2 is 2.00 bits per heavy atom. The molecule has 0 atom stereocenters. The predicted octanol–water partition coefficient (Wildman–Crippen LogP) is 3.30. The third kappa shape index (κ3) is 3.12. The summed E-state index contributed by atoms with van der Waals surface area (Å²) in [5.41, 5.74) is 8.78. The molecule has 0 aliphatic heterocycles. The summed E-state index contributed by atoms with van der Waals surface area (Å²) in [4.78, 5) is 16.2. The fourth-order valence-corrected chi connectivity index (χ4v) is 1.86. The average Bonchev–Trinajstić information content (AvgIpc) is 2.37. The molecule has 98 valence electrons. The van der Waals surface area contributed by atoms with E-state index in [4.69, 9.17) is 5.73 Å². The van der Waals surface area contributed by atoms with Gasteiger partial charge >= 0.3 is 0 Å². The van der Waals surface area contributed by atoms with Gasteiger partial charge in [-0.15, -0.1) is 0 Å². The molecule has 0 saturated heterocycles. The van der Waals surface area contributed by atoms with Gasteiger partial charge in [0.05, 0.1) is 11.9 Å². The standard InChI is InChI=1S/C14H14BrN3O/c1-8-5-10(3-4-11(8)15)14(19)18-13-6-9(2)12(16)7-17-13/h3-7H,16H2,1-2H3,(H,17,18,19). The largest absolute Gasteiger partial charge is 0.397 e. The third-order valence-corrected chi connectivity index (χ3v) is 3.70. The third-order valence-electron chi connectivity index (χ3n) is 2.81. The number of halogens is 1. The number of pyridine rings is 1. The lowest BCUT2D eigenvalue weighted by atomic mass is 10.1. The first-order chi connectivity index (χ1) is 8.97. The molecule has 0 bridgehead atoms. The minimum absolute atomic E-state index is 0.188. The first-order valence-corrected chi connectivity index (χ1v) is 6.56. The van der Waals surface area contributed by atoms with Gasteiger partial charge in [0.2, 0.25) is 0 Å². The maximum Gasteiger partial charge on any atom is 0.256 e. The summed E-state index contributed by atoms with van der Waals surface area (Å²) in [6, 6.07) is 7.19. The minimum Gasteiger partial charge on any atom is -0.397 e. The van der Waals surface area contributed by atoms with Crippen LogP contribution < -0.4 is 11.1 Å². The molecule has 0 radical (unpaired) electrons. The number of anilines is 2. The Hall–Kier alpha value is -1.88. The Morgan fingerprint density at radius 1 is 1.26 bits per heavy atom. The van der Waals surface area contributed by atoms with Crippen molar-refractivity contribution in [2.45, 2.75) is 13.8 Å². The molecule has 1 heterocycles. The zero-order chi connectivity index (χ0) is 14.0. The molecular weight excluding hydrogens is 306 g/mol. The predicted molar refractivity (Wildman–Crippen MR) is 80.2 cm³/mol. The summed E-state index contributed by atoms with van der Waals surface area (Å²) < 4.78 is 0.977. The van der Waals surface area contributed by atoms with E-state index in [1.54, 1.807) is 12.1 Å². The van der Waals surface area contributed by atoms with E-state index in [9.17, 15) is 4.79 Å². The van der Waals surface area contributed by atoms with Crippen LogP contribution in [-0.2, 0) is 0 Å². The smallest absolute Gasteiger partial charge is 0.256 e. The first kappa shape index (κ1) is 13.5. The Labute approximate surface area is 120 Å². The number of carbonyl (C=O) groups is 1. The number of nitrogens with one attached hydrogen (secondary N) is 1. The Balaban J connectivity index is 2.20. The zero-order valence-electron chi connectivity index (χ0n) is 10.7. The molecule has 3 N–H and O–H groups in total. The number of amides is 1. The number of aryl methyl sites for hydroxylation is 2. The summed E-state index contributed by atoms with van der Waals surface area (Å²) >= 11 is 3.40. The first-order valence-electron chi connectivity index (χ1n) is 5.77. The second-order valence-electron chi connectivity index (χ2n) is 4.34. The van der Waals surface area contributed by atoms with E-state index in [0.29, 0.717) is 17.1 Å². The number of nitrogens with two attached hydrogens (primary N) is 1. The summed E-state index contributed by atoms with van der Waals surface area (Å²) in [5, 5.41) is 2.75. The number of rotatable bonds is 2. The quantitative estimate of drug-likeness (QED) is 0.892. The molecule has 5 heteroatoms. The van der Waals surface area contributed by atoms with E-state index in [1.165, 1.54) is 6.20 Å². The highest BCUT2D eigenvalue weighted by Crippen LogP contribution is 2.18. The van der Waals surface area contributed by atoms with Crippen molar-refractivity contribution in [3.8, 4) is 0 Å². The van der Waals surface area contributed by atoms with Crippen LogP contribution in [0, 0.1) is 13.8 Å². The lowest BCUT2D eigenvalue weighted by molar-refractivity contribution is 0.102. The SMILES string of the molecule is Cc1cc(NC(=O)c2ccc(Br)c(C)c2)ncc1N. The van der Waals surface area contributed by atoms with E-state index in [0.717, 1.165) is 15.6 Å². The lowest BCUT2D eigenvalue weighted by Gasteiger charge is -2.07. The van der Waals surface area contributed by atoms with Crippen LogP contribution in [0.4, 0.5) is 11.5 Å². The number of nitrogen functional groups attached to an aromatic ring is 1. The topological polar surface area (TPSA) is 68.0 Å². The molecule has 0 unspecified atom stereocenters. The molecule has 1 aromatic heterocycles. The molecule has 0 aliphatic carbocycles. The second kappa shape index (κ2) is 5.40. The van der Waals surface area contributed by atoms with Crippen LogP contribution in [0.5, 0.6) is 0 Å². The minimum atomic E-state index is -0.188. The molecule has 0 saturated carbocycles. The fraction of sp³-hybridized carbons (Fsp3) is 0.143. The van der Waals surface area contributed by atoms with Gasteiger partial charge in [-0.05, 0) is 49.2 Å². The number of carbonyl (C=O) groups excluding carboxylic acids is 1. The van der Waals surface area contributed by atoms with Gasteiger partial charge in [-0.2, -0.15) is 0 Å². The zero-order valence-corrected chi connectivity index (χ0v) is 12.3. The average molecular weight is 320 g/mol. The van der Waals surface area contributed by atoms with Crippen LogP contribution in [0.25, 0.3) is 0 Å². The molecule has 0 spiro atoms. The van der Waals surface area contributed by atoms with Gasteiger partial charge in [0.25, 0.3) is 5.91 Å². The summed E-state index contributed by atoms with van der Waals surface area (Å²) in [5.74, 6) is 0.310. The molecule has 1 aromatic carbocycles. The van der Waals surface area contributed by atoms with E-state index in [1.807, 2.05) is 26.0 Å². The van der Waals surface area contributed by atoms with E-state index >= 15 is 0 Å². The molecular formula is C14H14BrN3O. The Kier molecular flexibility index (Phi) is 3.85. The summed E-state index contributed by atoms with van der Waals surface area (Å²) in [6.07, 6.45) is 1.54. The number of aromatic nitrogens is 1. The van der Waals surface area contributed by atoms with Crippen LogP contribution in [0.2, 0.25) is 0 Å². The highest BCUT2D eigenvalue weighted by Gasteiger charge is 2.08. The van der Waals surface area contributed by atoms with Gasteiger partial charge in [-0.1, -0.05) is 15.9 Å². The lowest BCUT2D eigenvalue weighted by Crippen LogP contribution is -2.13. The summed E-state index contributed by atoms with van der Waals surface area (Å²) in [7, 11) is 0. The van der Waals surface area contributed by atoms with Crippen molar-refractivity contribution in [2.24, 2.45) is 0 Å². The molecule has 0 aliphatic rings.